The third-order valence-corrected chi connectivity index (χ3v) is 6.41. The minimum atomic E-state index is -0.455. The topological polar surface area (TPSA) is 130 Å². The van der Waals surface area contributed by atoms with Crippen LogP contribution in [0.1, 0.15) is 49.5 Å². The van der Waals surface area contributed by atoms with E-state index >= 15 is 0 Å². The Kier molecular flexibility index (Phi) is 7.55. The van der Waals surface area contributed by atoms with Crippen LogP contribution >= 0.6 is 11.6 Å². The minimum absolute atomic E-state index is 0.177. The molecule has 0 spiro atoms. The highest BCUT2D eigenvalue weighted by Gasteiger charge is 2.20. The second-order valence-corrected chi connectivity index (χ2v) is 9.30. The summed E-state index contributed by atoms with van der Waals surface area (Å²) in [5.74, 6) is -0.383. The third-order valence-electron chi connectivity index (χ3n) is 6.17. The Morgan fingerprint density at radius 3 is 2.92 bits per heavy atom. The summed E-state index contributed by atoms with van der Waals surface area (Å²) in [6.07, 6.45) is 9.39. The van der Waals surface area contributed by atoms with E-state index in [1.165, 1.54) is 29.2 Å². The van der Waals surface area contributed by atoms with Gasteiger partial charge in [0, 0.05) is 34.8 Å². The fourth-order valence-corrected chi connectivity index (χ4v) is 4.50. The molecule has 2 aromatic heterocycles. The first-order valence-electron chi connectivity index (χ1n) is 12.1. The van der Waals surface area contributed by atoms with Gasteiger partial charge in [-0.2, -0.15) is 4.68 Å². The number of hydrogen-bond donors (Lipinski definition) is 3. The minimum Gasteiger partial charge on any atom is -0.346 e. The van der Waals surface area contributed by atoms with Crippen molar-refractivity contribution < 1.29 is 14.0 Å². The van der Waals surface area contributed by atoms with Gasteiger partial charge in [-0.15, -0.1) is 5.10 Å². The van der Waals surface area contributed by atoms with Crippen LogP contribution in [0, 0.1) is 5.82 Å². The van der Waals surface area contributed by atoms with Gasteiger partial charge in [0.1, 0.15) is 18.0 Å². The molecule has 4 aromatic rings. The zero-order chi connectivity index (χ0) is 26.5. The van der Waals surface area contributed by atoms with Crippen molar-refractivity contribution in [2.24, 2.45) is 0 Å². The Hall–Kier alpha value is -4.38. The van der Waals surface area contributed by atoms with E-state index in [-0.39, 0.29) is 11.8 Å². The van der Waals surface area contributed by atoms with Gasteiger partial charge in [0.15, 0.2) is 0 Å². The van der Waals surface area contributed by atoms with Crippen molar-refractivity contribution in [1.29, 1.82) is 0 Å². The van der Waals surface area contributed by atoms with Gasteiger partial charge in [-0.3, -0.25) is 9.59 Å². The summed E-state index contributed by atoms with van der Waals surface area (Å²) >= 11 is 6.17. The maximum absolute atomic E-state index is 13.9. The number of aromatic nitrogens is 6. The molecule has 0 aliphatic carbocycles. The largest absolute Gasteiger partial charge is 0.346 e. The van der Waals surface area contributed by atoms with Crippen molar-refractivity contribution in [2.45, 2.75) is 38.1 Å². The van der Waals surface area contributed by atoms with E-state index in [1.54, 1.807) is 36.5 Å². The van der Waals surface area contributed by atoms with E-state index in [4.69, 9.17) is 11.6 Å². The highest BCUT2D eigenvalue weighted by atomic mass is 35.5. The molecule has 0 fully saturated rings. The van der Waals surface area contributed by atoms with Gasteiger partial charge in [-0.05, 0) is 65.7 Å². The van der Waals surface area contributed by atoms with E-state index in [0.29, 0.717) is 58.3 Å². The number of amides is 2. The zero-order valence-corrected chi connectivity index (χ0v) is 21.0. The van der Waals surface area contributed by atoms with Crippen LogP contribution in [0.3, 0.4) is 0 Å². The highest BCUT2D eigenvalue weighted by molar-refractivity contribution is 6.30. The molecule has 0 saturated carbocycles. The number of H-pyrrole nitrogens is 1. The summed E-state index contributed by atoms with van der Waals surface area (Å²) in [7, 11) is 0. The van der Waals surface area contributed by atoms with Crippen molar-refractivity contribution >= 4 is 35.2 Å². The Morgan fingerprint density at radius 2 is 2.08 bits per heavy atom. The Balaban J connectivity index is 1.39. The van der Waals surface area contributed by atoms with Gasteiger partial charge in [0.2, 0.25) is 11.8 Å². The number of aromatic amines is 1. The molecule has 194 valence electrons. The predicted molar refractivity (Wildman–Crippen MR) is 140 cm³/mol. The SMILES string of the molecule is O=C(C=Cc1cc(Cl)ccc1-n1cnnn1)NC1CCCCCC(=O)Nc2cc(F)ccc2-c2c[nH]c1n2. The Bertz CT molecular complexity index is 1480. The summed E-state index contributed by atoms with van der Waals surface area (Å²) in [6.45, 7) is 0. The molecule has 10 nitrogen and oxygen atoms in total. The smallest absolute Gasteiger partial charge is 0.244 e. The molecule has 12 heteroatoms. The van der Waals surface area contributed by atoms with Crippen LogP contribution < -0.4 is 10.6 Å². The molecule has 2 amide bonds. The first-order valence-corrected chi connectivity index (χ1v) is 12.5. The Labute approximate surface area is 222 Å². The summed E-state index contributed by atoms with van der Waals surface area (Å²) in [5, 5.41) is 17.5. The number of carbonyl (C=O) groups is 2. The molecule has 1 unspecified atom stereocenters. The van der Waals surface area contributed by atoms with Gasteiger partial charge in [0.05, 0.1) is 23.1 Å². The van der Waals surface area contributed by atoms with Crippen molar-refractivity contribution in [3.63, 3.8) is 0 Å². The molecule has 2 bridgehead atoms. The summed E-state index contributed by atoms with van der Waals surface area (Å²) in [6, 6.07) is 8.98. The summed E-state index contributed by atoms with van der Waals surface area (Å²) in [4.78, 5) is 33.2. The van der Waals surface area contributed by atoms with Gasteiger partial charge < -0.3 is 15.6 Å². The number of carbonyl (C=O) groups excluding carboxylic acids is 2. The number of rotatable bonds is 4. The zero-order valence-electron chi connectivity index (χ0n) is 20.2. The van der Waals surface area contributed by atoms with Crippen molar-refractivity contribution in [1.82, 2.24) is 35.5 Å². The van der Waals surface area contributed by atoms with Crippen LogP contribution in [-0.2, 0) is 9.59 Å². The van der Waals surface area contributed by atoms with Crippen LogP contribution in [0.25, 0.3) is 23.0 Å². The molecular formula is C26H24ClFN8O2. The summed E-state index contributed by atoms with van der Waals surface area (Å²) < 4.78 is 15.4. The standard InChI is InChI=1S/C26H24ClFN8O2/c27-17-7-10-23(36-15-30-34-35-36)16(12-17)6-11-25(38)31-20-4-2-1-3-5-24(37)32-21-13-18(28)8-9-19(21)22-14-29-26(20)33-22/h6-15,20H,1-5H2,(H,29,33)(H,31,38)(H,32,37). The second kappa shape index (κ2) is 11.3. The molecule has 1 aliphatic heterocycles. The van der Waals surface area contributed by atoms with E-state index in [9.17, 15) is 14.0 Å². The van der Waals surface area contributed by atoms with Crippen molar-refractivity contribution in [2.75, 3.05) is 5.32 Å². The number of halogens is 2. The lowest BCUT2D eigenvalue weighted by Gasteiger charge is -2.15. The number of tetrazole rings is 1. The molecule has 0 saturated heterocycles. The lowest BCUT2D eigenvalue weighted by Crippen LogP contribution is -2.27. The van der Waals surface area contributed by atoms with E-state index in [0.717, 1.165) is 12.8 Å². The molecule has 1 aliphatic rings. The first kappa shape index (κ1) is 25.3. The number of fused-ring (bicyclic) bond motifs is 4. The highest BCUT2D eigenvalue weighted by Crippen LogP contribution is 2.30. The van der Waals surface area contributed by atoms with Gasteiger partial charge in [0.25, 0.3) is 0 Å². The average molecular weight is 535 g/mol. The number of nitrogens with one attached hydrogen (secondary N) is 3. The number of imidazole rings is 1. The molecule has 3 N–H and O–H groups in total. The monoisotopic (exact) mass is 534 g/mol. The lowest BCUT2D eigenvalue weighted by atomic mass is 10.1. The quantitative estimate of drug-likeness (QED) is 0.327. The second-order valence-electron chi connectivity index (χ2n) is 8.86. The maximum Gasteiger partial charge on any atom is 0.244 e. The van der Waals surface area contributed by atoms with Crippen molar-refractivity contribution in [3.05, 3.63) is 77.2 Å². The molecule has 5 rings (SSSR count). The van der Waals surface area contributed by atoms with E-state index in [2.05, 4.69) is 36.1 Å². The Morgan fingerprint density at radius 1 is 1.18 bits per heavy atom. The molecule has 2 aromatic carbocycles. The molecular weight excluding hydrogens is 511 g/mol. The van der Waals surface area contributed by atoms with E-state index < -0.39 is 11.9 Å². The fourth-order valence-electron chi connectivity index (χ4n) is 4.32. The molecule has 1 atom stereocenters. The number of hydrogen-bond acceptors (Lipinski definition) is 6. The average Bonchev–Trinajstić information content (AvgIpc) is 3.59. The fraction of sp³-hybridized carbons (Fsp3) is 0.231. The van der Waals surface area contributed by atoms with Gasteiger partial charge in [-0.1, -0.05) is 24.4 Å². The van der Waals surface area contributed by atoms with Crippen molar-refractivity contribution in [3.8, 4) is 16.9 Å². The van der Waals surface area contributed by atoms with Crippen LogP contribution in [-0.4, -0.2) is 42.0 Å². The first-order chi connectivity index (χ1) is 18.5. The van der Waals surface area contributed by atoms with Crippen LogP contribution in [0.2, 0.25) is 5.02 Å². The molecule has 38 heavy (non-hydrogen) atoms. The van der Waals surface area contributed by atoms with Crippen LogP contribution in [0.15, 0.2) is 55.0 Å². The number of anilines is 1. The molecule has 3 heterocycles. The lowest BCUT2D eigenvalue weighted by molar-refractivity contribution is -0.117. The summed E-state index contributed by atoms with van der Waals surface area (Å²) in [5.41, 5.74) is 2.81. The number of nitrogens with zero attached hydrogens (tertiary/aromatic N) is 5. The van der Waals surface area contributed by atoms with Gasteiger partial charge >= 0.3 is 0 Å². The van der Waals surface area contributed by atoms with Gasteiger partial charge in [-0.25, -0.2) is 9.37 Å². The van der Waals surface area contributed by atoms with Crippen LogP contribution in [0.5, 0.6) is 0 Å². The molecule has 0 radical (unpaired) electrons. The normalized spacial score (nSPS) is 16.2. The number of benzene rings is 2. The van der Waals surface area contributed by atoms with E-state index in [1.807, 2.05) is 0 Å². The maximum atomic E-state index is 13.9. The third kappa shape index (κ3) is 5.94. The van der Waals surface area contributed by atoms with Crippen LogP contribution in [0.4, 0.5) is 10.1 Å². The predicted octanol–water partition coefficient (Wildman–Crippen LogP) is 4.62.